The van der Waals surface area contributed by atoms with E-state index in [1.807, 2.05) is 25.1 Å². The molecule has 0 saturated heterocycles. The Morgan fingerprint density at radius 1 is 1.26 bits per heavy atom. The fourth-order valence-corrected chi connectivity index (χ4v) is 2.10. The van der Waals surface area contributed by atoms with Gasteiger partial charge in [0.15, 0.2) is 0 Å². The third kappa shape index (κ3) is 3.14. The summed E-state index contributed by atoms with van der Waals surface area (Å²) in [6, 6.07) is 9.91. The van der Waals surface area contributed by atoms with Crippen LogP contribution in [0.15, 0.2) is 40.9 Å². The minimum absolute atomic E-state index is 0.346. The fraction of sp³-hybridized carbons (Fsp3) is 0.200. The molecule has 0 fully saturated rings. The van der Waals surface area contributed by atoms with Gasteiger partial charge in [0.2, 0.25) is 0 Å². The molecule has 2 N–H and O–H groups in total. The summed E-state index contributed by atoms with van der Waals surface area (Å²) < 4.78 is 20.5. The first-order valence-corrected chi connectivity index (χ1v) is 6.76. The average molecular weight is 324 g/mol. The van der Waals surface area contributed by atoms with Crippen molar-refractivity contribution in [1.82, 2.24) is 0 Å². The SMILES string of the molecule is Cc1cc(Oc2cccc(F)c2C(C)N)ccc1Br. The van der Waals surface area contributed by atoms with Crippen molar-refractivity contribution in [3.63, 3.8) is 0 Å². The van der Waals surface area contributed by atoms with Crippen LogP contribution in [0.5, 0.6) is 11.5 Å². The van der Waals surface area contributed by atoms with Crippen molar-refractivity contribution in [3.05, 3.63) is 57.8 Å². The Bertz CT molecular complexity index is 599. The van der Waals surface area contributed by atoms with Gasteiger partial charge in [-0.3, -0.25) is 0 Å². The van der Waals surface area contributed by atoms with Crippen molar-refractivity contribution >= 4 is 15.9 Å². The zero-order valence-electron chi connectivity index (χ0n) is 10.8. The van der Waals surface area contributed by atoms with Gasteiger partial charge in [0.1, 0.15) is 17.3 Å². The molecule has 100 valence electrons. The van der Waals surface area contributed by atoms with Gasteiger partial charge in [0.05, 0.1) is 0 Å². The van der Waals surface area contributed by atoms with E-state index in [0.717, 1.165) is 10.0 Å². The Kier molecular flexibility index (Phi) is 4.22. The highest BCUT2D eigenvalue weighted by atomic mass is 79.9. The van der Waals surface area contributed by atoms with Crippen LogP contribution in [-0.4, -0.2) is 0 Å². The number of benzene rings is 2. The Morgan fingerprint density at radius 2 is 2.00 bits per heavy atom. The molecule has 0 aliphatic heterocycles. The second kappa shape index (κ2) is 5.72. The number of hydrogen-bond donors (Lipinski definition) is 1. The second-order valence-electron chi connectivity index (χ2n) is 4.45. The first-order valence-electron chi connectivity index (χ1n) is 5.97. The molecule has 19 heavy (non-hydrogen) atoms. The van der Waals surface area contributed by atoms with Gasteiger partial charge in [-0.2, -0.15) is 0 Å². The summed E-state index contributed by atoms with van der Waals surface area (Å²) in [5.41, 5.74) is 7.24. The normalized spacial score (nSPS) is 12.3. The number of halogens is 2. The molecule has 0 amide bonds. The molecule has 0 aliphatic rings. The molecule has 0 radical (unpaired) electrons. The lowest BCUT2D eigenvalue weighted by atomic mass is 10.1. The van der Waals surface area contributed by atoms with Crippen molar-refractivity contribution in [2.75, 3.05) is 0 Å². The molecule has 2 rings (SSSR count). The minimum Gasteiger partial charge on any atom is -0.457 e. The number of aryl methyl sites for hydroxylation is 1. The zero-order chi connectivity index (χ0) is 14.0. The van der Waals surface area contributed by atoms with E-state index >= 15 is 0 Å². The Balaban J connectivity index is 2.38. The van der Waals surface area contributed by atoms with Crippen LogP contribution in [0, 0.1) is 12.7 Å². The summed E-state index contributed by atoms with van der Waals surface area (Å²) in [5.74, 6) is 0.770. The van der Waals surface area contributed by atoms with E-state index in [4.69, 9.17) is 10.5 Å². The lowest BCUT2D eigenvalue weighted by molar-refractivity contribution is 0.460. The third-order valence-corrected chi connectivity index (χ3v) is 3.72. The summed E-state index contributed by atoms with van der Waals surface area (Å²) in [6.45, 7) is 3.70. The maximum absolute atomic E-state index is 13.8. The van der Waals surface area contributed by atoms with Crippen LogP contribution in [0.2, 0.25) is 0 Å². The molecule has 2 aromatic rings. The third-order valence-electron chi connectivity index (χ3n) is 2.83. The topological polar surface area (TPSA) is 35.2 Å². The summed E-state index contributed by atoms with van der Waals surface area (Å²) in [4.78, 5) is 0. The Labute approximate surface area is 120 Å². The monoisotopic (exact) mass is 323 g/mol. The highest BCUT2D eigenvalue weighted by Gasteiger charge is 2.14. The highest BCUT2D eigenvalue weighted by Crippen LogP contribution is 2.32. The largest absolute Gasteiger partial charge is 0.457 e. The molecular formula is C15H15BrFNO. The maximum Gasteiger partial charge on any atom is 0.135 e. The van der Waals surface area contributed by atoms with Crippen molar-refractivity contribution in [2.45, 2.75) is 19.9 Å². The highest BCUT2D eigenvalue weighted by molar-refractivity contribution is 9.10. The molecule has 0 heterocycles. The lowest BCUT2D eigenvalue weighted by Gasteiger charge is -2.15. The van der Waals surface area contributed by atoms with E-state index in [1.165, 1.54) is 6.07 Å². The molecule has 0 saturated carbocycles. The van der Waals surface area contributed by atoms with Crippen molar-refractivity contribution < 1.29 is 9.13 Å². The second-order valence-corrected chi connectivity index (χ2v) is 5.31. The molecule has 2 nitrogen and oxygen atoms in total. The molecule has 0 aliphatic carbocycles. The molecule has 4 heteroatoms. The van der Waals surface area contributed by atoms with Gasteiger partial charge in [-0.1, -0.05) is 22.0 Å². The summed E-state index contributed by atoms with van der Waals surface area (Å²) in [5, 5.41) is 0. The molecule has 0 aromatic heterocycles. The Morgan fingerprint density at radius 3 is 2.63 bits per heavy atom. The summed E-state index contributed by atoms with van der Waals surface area (Å²) >= 11 is 3.43. The van der Waals surface area contributed by atoms with Crippen molar-refractivity contribution in [2.24, 2.45) is 5.73 Å². The van der Waals surface area contributed by atoms with Gasteiger partial charge in [0.25, 0.3) is 0 Å². The van der Waals surface area contributed by atoms with Crippen LogP contribution in [0.3, 0.4) is 0 Å². The van der Waals surface area contributed by atoms with E-state index in [2.05, 4.69) is 15.9 Å². The molecule has 1 atom stereocenters. The molecular weight excluding hydrogens is 309 g/mol. The molecule has 2 aromatic carbocycles. The van der Waals surface area contributed by atoms with E-state index in [9.17, 15) is 4.39 Å². The smallest absolute Gasteiger partial charge is 0.135 e. The van der Waals surface area contributed by atoms with Crippen LogP contribution < -0.4 is 10.5 Å². The standard InChI is InChI=1S/C15H15BrFNO/c1-9-8-11(6-7-12(9)16)19-14-5-3-4-13(17)15(14)10(2)18/h3-8,10H,18H2,1-2H3. The van der Waals surface area contributed by atoms with E-state index in [1.54, 1.807) is 19.1 Å². The van der Waals surface area contributed by atoms with E-state index in [0.29, 0.717) is 17.1 Å². The number of ether oxygens (including phenoxy) is 1. The van der Waals surface area contributed by atoms with Gasteiger partial charge in [-0.25, -0.2) is 4.39 Å². The van der Waals surface area contributed by atoms with E-state index in [-0.39, 0.29) is 5.82 Å². The lowest BCUT2D eigenvalue weighted by Crippen LogP contribution is -2.09. The van der Waals surface area contributed by atoms with Crippen LogP contribution >= 0.6 is 15.9 Å². The zero-order valence-corrected chi connectivity index (χ0v) is 12.4. The van der Waals surface area contributed by atoms with Crippen LogP contribution in [0.1, 0.15) is 24.1 Å². The van der Waals surface area contributed by atoms with Crippen LogP contribution in [0.4, 0.5) is 4.39 Å². The van der Waals surface area contributed by atoms with Crippen LogP contribution in [-0.2, 0) is 0 Å². The summed E-state index contributed by atoms with van der Waals surface area (Å²) in [7, 11) is 0. The van der Waals surface area contributed by atoms with Gasteiger partial charge < -0.3 is 10.5 Å². The quantitative estimate of drug-likeness (QED) is 0.887. The minimum atomic E-state index is -0.423. The molecule has 1 unspecified atom stereocenters. The maximum atomic E-state index is 13.8. The predicted octanol–water partition coefficient (Wildman–Crippen LogP) is 4.71. The first-order chi connectivity index (χ1) is 8.99. The first kappa shape index (κ1) is 14.0. The van der Waals surface area contributed by atoms with Crippen molar-refractivity contribution in [1.29, 1.82) is 0 Å². The van der Waals surface area contributed by atoms with Gasteiger partial charge in [-0.15, -0.1) is 0 Å². The molecule has 0 spiro atoms. The van der Waals surface area contributed by atoms with E-state index < -0.39 is 6.04 Å². The fourth-order valence-electron chi connectivity index (χ4n) is 1.86. The number of rotatable bonds is 3. The van der Waals surface area contributed by atoms with Gasteiger partial charge in [-0.05, 0) is 49.7 Å². The van der Waals surface area contributed by atoms with Gasteiger partial charge >= 0.3 is 0 Å². The van der Waals surface area contributed by atoms with Crippen LogP contribution in [0.25, 0.3) is 0 Å². The summed E-state index contributed by atoms with van der Waals surface area (Å²) in [6.07, 6.45) is 0. The van der Waals surface area contributed by atoms with Crippen molar-refractivity contribution in [3.8, 4) is 11.5 Å². The molecule has 0 bridgehead atoms. The number of nitrogens with two attached hydrogens (primary N) is 1. The van der Waals surface area contributed by atoms with Gasteiger partial charge in [0, 0.05) is 16.1 Å². The predicted molar refractivity (Wildman–Crippen MR) is 78.0 cm³/mol. The number of hydrogen-bond acceptors (Lipinski definition) is 2. The Hall–Kier alpha value is -1.39. The average Bonchev–Trinajstić information content (AvgIpc) is 2.33.